The van der Waals surface area contributed by atoms with E-state index in [1.165, 1.54) is 0 Å². The Morgan fingerprint density at radius 2 is 2.13 bits per heavy atom. The summed E-state index contributed by atoms with van der Waals surface area (Å²) in [7, 11) is 0. The highest BCUT2D eigenvalue weighted by Gasteiger charge is 2.42. The van der Waals surface area contributed by atoms with E-state index in [1.54, 1.807) is 13.0 Å². The standard InChI is InChI=1S/C9H15N5O/c1-6-11-7(4-8(12-6)14-10)13-9(5-15)2-3-9/h4,15H,2-3,5,10H2,1H3,(H2,11,12,13,14). The average molecular weight is 209 g/mol. The lowest BCUT2D eigenvalue weighted by molar-refractivity contribution is 0.266. The van der Waals surface area contributed by atoms with E-state index in [4.69, 9.17) is 10.9 Å². The summed E-state index contributed by atoms with van der Waals surface area (Å²) < 4.78 is 0. The molecule has 1 saturated carbocycles. The molecule has 15 heavy (non-hydrogen) atoms. The van der Waals surface area contributed by atoms with E-state index in [0.29, 0.717) is 17.5 Å². The van der Waals surface area contributed by atoms with Crippen molar-refractivity contribution in [2.75, 3.05) is 17.3 Å². The Morgan fingerprint density at radius 1 is 1.47 bits per heavy atom. The number of nitrogens with one attached hydrogen (secondary N) is 2. The summed E-state index contributed by atoms with van der Waals surface area (Å²) in [5.74, 6) is 7.19. The fourth-order valence-corrected chi connectivity index (χ4v) is 1.45. The zero-order valence-electron chi connectivity index (χ0n) is 8.62. The summed E-state index contributed by atoms with van der Waals surface area (Å²) in [6, 6.07) is 1.72. The van der Waals surface area contributed by atoms with Crippen molar-refractivity contribution in [1.82, 2.24) is 9.97 Å². The van der Waals surface area contributed by atoms with Crippen LogP contribution in [0.2, 0.25) is 0 Å². The number of nitrogens with zero attached hydrogens (tertiary/aromatic N) is 2. The van der Waals surface area contributed by atoms with Crippen LogP contribution < -0.4 is 16.6 Å². The van der Waals surface area contributed by atoms with Crippen LogP contribution in [0, 0.1) is 6.92 Å². The van der Waals surface area contributed by atoms with E-state index in [1.807, 2.05) is 0 Å². The van der Waals surface area contributed by atoms with Crippen LogP contribution in [-0.4, -0.2) is 27.2 Å². The molecule has 0 amide bonds. The minimum Gasteiger partial charge on any atom is -0.394 e. The Kier molecular flexibility index (Phi) is 2.45. The normalized spacial score (nSPS) is 17.3. The predicted octanol–water partition coefficient (Wildman–Crippen LogP) is 0.00742. The molecule has 1 aliphatic carbocycles. The Balaban J connectivity index is 2.17. The Labute approximate surface area is 87.9 Å². The molecule has 0 atom stereocenters. The molecular weight excluding hydrogens is 194 g/mol. The van der Waals surface area contributed by atoms with E-state index < -0.39 is 0 Å². The number of aromatic nitrogens is 2. The molecule has 0 aliphatic heterocycles. The number of rotatable bonds is 4. The largest absolute Gasteiger partial charge is 0.394 e. The van der Waals surface area contributed by atoms with Crippen molar-refractivity contribution in [3.8, 4) is 0 Å². The first kappa shape index (κ1) is 10.1. The third-order valence-electron chi connectivity index (χ3n) is 2.54. The van der Waals surface area contributed by atoms with E-state index in [-0.39, 0.29) is 12.1 Å². The van der Waals surface area contributed by atoms with Crippen LogP contribution in [0.3, 0.4) is 0 Å². The van der Waals surface area contributed by atoms with Crippen LogP contribution in [0.5, 0.6) is 0 Å². The fraction of sp³-hybridized carbons (Fsp3) is 0.556. The number of aliphatic hydroxyl groups excluding tert-OH is 1. The van der Waals surface area contributed by atoms with E-state index in [2.05, 4.69) is 20.7 Å². The SMILES string of the molecule is Cc1nc(NN)cc(NC2(CO)CC2)n1. The highest BCUT2D eigenvalue weighted by Crippen LogP contribution is 2.38. The van der Waals surface area contributed by atoms with Gasteiger partial charge in [-0.05, 0) is 19.8 Å². The summed E-state index contributed by atoms with van der Waals surface area (Å²) in [6.45, 7) is 1.92. The van der Waals surface area contributed by atoms with Crippen molar-refractivity contribution in [2.24, 2.45) is 5.84 Å². The van der Waals surface area contributed by atoms with E-state index >= 15 is 0 Å². The minimum atomic E-state index is -0.174. The van der Waals surface area contributed by atoms with Crippen molar-refractivity contribution >= 4 is 11.6 Å². The molecule has 0 unspecified atom stereocenters. The third kappa shape index (κ3) is 2.16. The van der Waals surface area contributed by atoms with E-state index in [9.17, 15) is 0 Å². The summed E-state index contributed by atoms with van der Waals surface area (Å²) in [5, 5.41) is 12.4. The van der Waals surface area contributed by atoms with Gasteiger partial charge in [0.2, 0.25) is 0 Å². The van der Waals surface area contributed by atoms with Gasteiger partial charge in [-0.2, -0.15) is 0 Å². The average Bonchev–Trinajstić information content (AvgIpc) is 2.97. The van der Waals surface area contributed by atoms with Gasteiger partial charge in [0.05, 0.1) is 12.1 Å². The molecule has 1 aromatic rings. The Morgan fingerprint density at radius 3 is 2.67 bits per heavy atom. The number of aryl methyl sites for hydroxylation is 1. The second-order valence-electron chi connectivity index (χ2n) is 3.89. The number of nitrogen functional groups attached to an aromatic ring is 1. The van der Waals surface area contributed by atoms with Crippen LogP contribution >= 0.6 is 0 Å². The maximum absolute atomic E-state index is 9.17. The molecular formula is C9H15N5O. The number of hydrazine groups is 1. The molecule has 0 bridgehead atoms. The summed E-state index contributed by atoms with van der Waals surface area (Å²) in [4.78, 5) is 8.30. The molecule has 1 aliphatic rings. The van der Waals surface area contributed by atoms with Crippen LogP contribution in [-0.2, 0) is 0 Å². The molecule has 82 valence electrons. The van der Waals surface area contributed by atoms with Gasteiger partial charge in [-0.1, -0.05) is 0 Å². The van der Waals surface area contributed by atoms with Crippen LogP contribution in [0.4, 0.5) is 11.6 Å². The zero-order valence-corrected chi connectivity index (χ0v) is 8.62. The highest BCUT2D eigenvalue weighted by atomic mass is 16.3. The number of aliphatic hydroxyl groups is 1. The molecule has 0 aromatic carbocycles. The lowest BCUT2D eigenvalue weighted by Gasteiger charge is -2.15. The fourth-order valence-electron chi connectivity index (χ4n) is 1.45. The van der Waals surface area contributed by atoms with Crippen molar-refractivity contribution in [2.45, 2.75) is 25.3 Å². The lowest BCUT2D eigenvalue weighted by atomic mass is 10.3. The molecule has 2 rings (SSSR count). The molecule has 1 heterocycles. The molecule has 0 radical (unpaired) electrons. The van der Waals surface area contributed by atoms with Gasteiger partial charge in [0.15, 0.2) is 0 Å². The van der Waals surface area contributed by atoms with Crippen LogP contribution in [0.25, 0.3) is 0 Å². The predicted molar refractivity (Wildman–Crippen MR) is 57.3 cm³/mol. The second kappa shape index (κ2) is 3.63. The quantitative estimate of drug-likeness (QED) is 0.412. The van der Waals surface area contributed by atoms with Gasteiger partial charge in [-0.25, -0.2) is 15.8 Å². The molecule has 5 N–H and O–H groups in total. The van der Waals surface area contributed by atoms with Gasteiger partial charge in [0.1, 0.15) is 17.5 Å². The van der Waals surface area contributed by atoms with Crippen molar-refractivity contribution < 1.29 is 5.11 Å². The summed E-state index contributed by atoms with van der Waals surface area (Å²) in [6.07, 6.45) is 1.94. The molecule has 1 fully saturated rings. The van der Waals surface area contributed by atoms with Gasteiger partial charge in [-0.3, -0.25) is 0 Å². The summed E-state index contributed by atoms with van der Waals surface area (Å²) in [5.41, 5.74) is 2.30. The molecule has 0 saturated heterocycles. The smallest absolute Gasteiger partial charge is 0.145 e. The maximum atomic E-state index is 9.17. The van der Waals surface area contributed by atoms with Gasteiger partial charge in [0.25, 0.3) is 0 Å². The molecule has 0 spiro atoms. The first-order valence-corrected chi connectivity index (χ1v) is 4.89. The third-order valence-corrected chi connectivity index (χ3v) is 2.54. The number of hydrogen-bond acceptors (Lipinski definition) is 6. The zero-order chi connectivity index (χ0) is 10.9. The van der Waals surface area contributed by atoms with Gasteiger partial charge >= 0.3 is 0 Å². The van der Waals surface area contributed by atoms with Gasteiger partial charge in [0, 0.05) is 6.07 Å². The highest BCUT2D eigenvalue weighted by molar-refractivity contribution is 5.49. The number of hydrogen-bond donors (Lipinski definition) is 4. The summed E-state index contributed by atoms with van der Waals surface area (Å²) >= 11 is 0. The van der Waals surface area contributed by atoms with Gasteiger partial charge < -0.3 is 15.8 Å². The van der Waals surface area contributed by atoms with Crippen molar-refractivity contribution in [3.63, 3.8) is 0 Å². The van der Waals surface area contributed by atoms with Crippen molar-refractivity contribution in [1.29, 1.82) is 0 Å². The maximum Gasteiger partial charge on any atom is 0.145 e. The Bertz CT molecular complexity index is 364. The van der Waals surface area contributed by atoms with Gasteiger partial charge in [-0.15, -0.1) is 0 Å². The monoisotopic (exact) mass is 209 g/mol. The van der Waals surface area contributed by atoms with E-state index in [0.717, 1.165) is 12.8 Å². The second-order valence-corrected chi connectivity index (χ2v) is 3.89. The lowest BCUT2D eigenvalue weighted by Crippen LogP contribution is -2.26. The molecule has 1 aromatic heterocycles. The molecule has 6 heteroatoms. The number of nitrogens with two attached hydrogens (primary N) is 1. The van der Waals surface area contributed by atoms with Crippen LogP contribution in [0.1, 0.15) is 18.7 Å². The van der Waals surface area contributed by atoms with Crippen LogP contribution in [0.15, 0.2) is 6.07 Å². The molecule has 6 nitrogen and oxygen atoms in total. The van der Waals surface area contributed by atoms with Crippen molar-refractivity contribution in [3.05, 3.63) is 11.9 Å². The first-order chi connectivity index (χ1) is 7.17. The topological polar surface area (TPSA) is 96.1 Å². The Hall–Kier alpha value is -1.40. The first-order valence-electron chi connectivity index (χ1n) is 4.89. The minimum absolute atomic E-state index is 0.126. The number of anilines is 2.